The van der Waals surface area contributed by atoms with Crippen LogP contribution in [-0.4, -0.2) is 34.0 Å². The number of hydrogen-bond acceptors (Lipinski definition) is 4. The molecule has 0 bridgehead atoms. The second kappa shape index (κ2) is 12.6. The molecule has 2 N–H and O–H groups in total. The lowest BCUT2D eigenvalue weighted by molar-refractivity contribution is -0.125. The van der Waals surface area contributed by atoms with Crippen LogP contribution in [-0.2, 0) is 15.0 Å². The largest absolute Gasteiger partial charge is 0.385 e. The SMILES string of the molecule is C=C(C)C(=O)C(O)CC1(CC(O)C(=O)C(=C)C)c2cc(-c3cccc4ccccc34)ccc2-c2ccc(-c3cccc4ccccc34)cc21. The van der Waals surface area contributed by atoms with Gasteiger partial charge in [0.15, 0.2) is 11.6 Å². The third kappa shape index (κ3) is 5.53. The molecule has 4 heteroatoms. The number of carbonyl (C=O) groups excluding carboxylic acids is 2. The zero-order valence-electron chi connectivity index (χ0n) is 27.7. The van der Waals surface area contributed by atoms with Crippen molar-refractivity contribution in [3.63, 3.8) is 0 Å². The van der Waals surface area contributed by atoms with E-state index in [0.717, 1.165) is 66.1 Å². The highest BCUT2D eigenvalue weighted by Crippen LogP contribution is 2.56. The summed E-state index contributed by atoms with van der Waals surface area (Å²) >= 11 is 0. The first kappa shape index (κ1) is 32.1. The fraction of sp³-hybridized carbons (Fsp3) is 0.156. The van der Waals surface area contributed by atoms with Gasteiger partial charge in [0, 0.05) is 5.41 Å². The minimum absolute atomic E-state index is 0.0444. The summed E-state index contributed by atoms with van der Waals surface area (Å²) in [6, 6.07) is 41.5. The molecule has 0 amide bonds. The molecule has 0 aliphatic heterocycles. The summed E-state index contributed by atoms with van der Waals surface area (Å²) in [7, 11) is 0. The Bertz CT molecular complexity index is 2150. The van der Waals surface area contributed by atoms with E-state index in [9.17, 15) is 19.8 Å². The van der Waals surface area contributed by atoms with Gasteiger partial charge in [-0.25, -0.2) is 0 Å². The monoisotopic (exact) mass is 642 g/mol. The van der Waals surface area contributed by atoms with Crippen LogP contribution in [0.4, 0.5) is 0 Å². The van der Waals surface area contributed by atoms with Crippen LogP contribution in [0.25, 0.3) is 54.9 Å². The van der Waals surface area contributed by atoms with Gasteiger partial charge in [-0.05, 0) is 116 Å². The number of fused-ring (bicyclic) bond motifs is 5. The molecule has 4 nitrogen and oxygen atoms in total. The molecule has 242 valence electrons. The van der Waals surface area contributed by atoms with Crippen molar-refractivity contribution in [2.45, 2.75) is 44.3 Å². The van der Waals surface area contributed by atoms with Gasteiger partial charge in [-0.2, -0.15) is 0 Å². The standard InChI is InChI=1S/C45H38O4/c1-27(2)43(48)41(46)25-45(26-42(47)44(49)28(3)4)39-23-31(35-17-9-13-29-11-5-7-15-33(29)35)19-21-37(39)38-22-20-32(24-40(38)45)36-18-10-14-30-12-6-8-16-34(30)36/h5-24,41-42,46-47H,1,3,25-26H2,2,4H3. The van der Waals surface area contributed by atoms with Crippen LogP contribution < -0.4 is 0 Å². The fourth-order valence-corrected chi connectivity index (χ4v) is 7.72. The first-order valence-electron chi connectivity index (χ1n) is 16.6. The number of rotatable bonds is 10. The van der Waals surface area contributed by atoms with Crippen LogP contribution >= 0.6 is 0 Å². The Hall–Kier alpha value is -5.42. The molecule has 0 heterocycles. The number of carbonyl (C=O) groups is 2. The predicted octanol–water partition coefficient (Wildman–Crippen LogP) is 9.39. The van der Waals surface area contributed by atoms with Gasteiger partial charge in [0.05, 0.1) is 0 Å². The van der Waals surface area contributed by atoms with Crippen molar-refractivity contribution in [2.75, 3.05) is 0 Å². The van der Waals surface area contributed by atoms with E-state index in [2.05, 4.69) is 98.1 Å². The van der Waals surface area contributed by atoms with E-state index >= 15 is 0 Å². The molecule has 6 aromatic rings. The Labute approximate surface area is 286 Å². The second-order valence-corrected chi connectivity index (χ2v) is 13.4. The molecule has 0 saturated heterocycles. The quantitative estimate of drug-likeness (QED) is 0.146. The fourth-order valence-electron chi connectivity index (χ4n) is 7.72. The molecule has 2 atom stereocenters. The average molecular weight is 643 g/mol. The number of benzene rings is 6. The van der Waals surface area contributed by atoms with Crippen molar-refractivity contribution in [1.82, 2.24) is 0 Å². The maximum atomic E-state index is 13.3. The van der Waals surface area contributed by atoms with Crippen LogP contribution in [0.3, 0.4) is 0 Å². The van der Waals surface area contributed by atoms with Crippen LogP contribution in [0.1, 0.15) is 37.8 Å². The van der Waals surface area contributed by atoms with Crippen LogP contribution in [0, 0.1) is 0 Å². The first-order chi connectivity index (χ1) is 23.6. The average Bonchev–Trinajstić information content (AvgIpc) is 3.37. The summed E-state index contributed by atoms with van der Waals surface area (Å²) in [6.45, 7) is 10.8. The van der Waals surface area contributed by atoms with Gasteiger partial charge in [0.25, 0.3) is 0 Å². The molecule has 0 aromatic heterocycles. The van der Waals surface area contributed by atoms with Crippen molar-refractivity contribution < 1.29 is 19.8 Å². The summed E-state index contributed by atoms with van der Waals surface area (Å²) in [6.07, 6.45) is -2.91. The lowest BCUT2D eigenvalue weighted by atomic mass is 9.68. The van der Waals surface area contributed by atoms with Gasteiger partial charge in [-0.3, -0.25) is 9.59 Å². The molecule has 0 radical (unpaired) electrons. The Morgan fingerprint density at radius 2 is 0.939 bits per heavy atom. The number of Topliss-reactive ketones (excluding diaryl/α,β-unsaturated/α-hetero) is 2. The smallest absolute Gasteiger partial charge is 0.186 e. The molecule has 0 spiro atoms. The molecule has 1 aliphatic rings. The van der Waals surface area contributed by atoms with E-state index in [1.165, 1.54) is 0 Å². The Balaban J connectivity index is 1.50. The van der Waals surface area contributed by atoms with Gasteiger partial charge in [0.2, 0.25) is 0 Å². The molecule has 1 aliphatic carbocycles. The number of aliphatic hydroxyl groups excluding tert-OH is 2. The van der Waals surface area contributed by atoms with Gasteiger partial charge in [-0.15, -0.1) is 0 Å². The summed E-state index contributed by atoms with van der Waals surface area (Å²) in [4.78, 5) is 26.6. The van der Waals surface area contributed by atoms with Gasteiger partial charge < -0.3 is 10.2 Å². The predicted molar refractivity (Wildman–Crippen MR) is 199 cm³/mol. The number of hydrogen-bond donors (Lipinski definition) is 2. The van der Waals surface area contributed by atoms with Gasteiger partial charge >= 0.3 is 0 Å². The summed E-state index contributed by atoms with van der Waals surface area (Å²) in [5.41, 5.74) is 6.96. The summed E-state index contributed by atoms with van der Waals surface area (Å²) < 4.78 is 0. The molecule has 0 saturated carbocycles. The molecular formula is C45H38O4. The van der Waals surface area contributed by atoms with Crippen LogP contribution in [0.2, 0.25) is 0 Å². The molecule has 7 rings (SSSR count). The van der Waals surface area contributed by atoms with E-state index in [0.29, 0.717) is 0 Å². The zero-order valence-corrected chi connectivity index (χ0v) is 27.7. The highest BCUT2D eigenvalue weighted by atomic mass is 16.3. The Kier molecular flexibility index (Phi) is 8.23. The van der Waals surface area contributed by atoms with Crippen LogP contribution in [0.15, 0.2) is 146 Å². The lowest BCUT2D eigenvalue weighted by Gasteiger charge is -2.36. The minimum atomic E-state index is -1.41. The third-order valence-corrected chi connectivity index (χ3v) is 10.1. The van der Waals surface area contributed by atoms with E-state index < -0.39 is 29.2 Å². The van der Waals surface area contributed by atoms with Crippen molar-refractivity contribution in [3.8, 4) is 33.4 Å². The first-order valence-corrected chi connectivity index (χ1v) is 16.6. The van der Waals surface area contributed by atoms with Crippen molar-refractivity contribution in [3.05, 3.63) is 157 Å². The topological polar surface area (TPSA) is 74.6 Å². The summed E-state index contributed by atoms with van der Waals surface area (Å²) in [5.74, 6) is -0.934. The molecule has 0 fully saturated rings. The Morgan fingerprint density at radius 3 is 1.35 bits per heavy atom. The Morgan fingerprint density at radius 1 is 0.551 bits per heavy atom. The normalized spacial score (nSPS) is 14.2. The van der Waals surface area contributed by atoms with E-state index in [-0.39, 0.29) is 24.0 Å². The molecule has 2 unspecified atom stereocenters. The van der Waals surface area contributed by atoms with Gasteiger partial charge in [0.1, 0.15) is 12.2 Å². The maximum Gasteiger partial charge on any atom is 0.186 e. The van der Waals surface area contributed by atoms with Crippen LogP contribution in [0.5, 0.6) is 0 Å². The second-order valence-electron chi connectivity index (χ2n) is 13.4. The highest BCUT2D eigenvalue weighted by molar-refractivity contribution is 6.01. The highest BCUT2D eigenvalue weighted by Gasteiger charge is 2.48. The molecule has 49 heavy (non-hydrogen) atoms. The van der Waals surface area contributed by atoms with E-state index in [4.69, 9.17) is 0 Å². The van der Waals surface area contributed by atoms with Crippen molar-refractivity contribution in [2.24, 2.45) is 0 Å². The number of ketones is 2. The van der Waals surface area contributed by atoms with Gasteiger partial charge in [-0.1, -0.05) is 122 Å². The van der Waals surface area contributed by atoms with Crippen molar-refractivity contribution >= 4 is 33.1 Å². The van der Waals surface area contributed by atoms with E-state index in [1.54, 1.807) is 13.8 Å². The lowest BCUT2D eigenvalue weighted by Crippen LogP contribution is -2.39. The number of aliphatic hydroxyl groups is 2. The summed E-state index contributed by atoms with van der Waals surface area (Å²) in [5, 5.41) is 27.6. The van der Waals surface area contributed by atoms with E-state index in [1.807, 2.05) is 36.4 Å². The third-order valence-electron chi connectivity index (χ3n) is 10.1. The maximum absolute atomic E-state index is 13.3. The molecular weight excluding hydrogens is 604 g/mol. The van der Waals surface area contributed by atoms with Crippen molar-refractivity contribution in [1.29, 1.82) is 0 Å². The minimum Gasteiger partial charge on any atom is -0.385 e. The zero-order chi connectivity index (χ0) is 34.4. The molecule has 6 aromatic carbocycles.